The van der Waals surface area contributed by atoms with Crippen molar-refractivity contribution in [2.24, 2.45) is 4.99 Å². The number of nitrogens with zero attached hydrogens (tertiary/aromatic N) is 3. The van der Waals surface area contributed by atoms with Crippen LogP contribution in [0.1, 0.15) is 26.3 Å². The van der Waals surface area contributed by atoms with Crippen LogP contribution in [0.25, 0.3) is 0 Å². The van der Waals surface area contributed by atoms with Crippen LogP contribution in [0.2, 0.25) is 0 Å². The molecule has 2 rings (SSSR count). The van der Waals surface area contributed by atoms with E-state index >= 15 is 0 Å². The van der Waals surface area contributed by atoms with Gasteiger partial charge in [-0.1, -0.05) is 12.1 Å². The second-order valence-electron chi connectivity index (χ2n) is 7.71. The van der Waals surface area contributed by atoms with E-state index in [1.807, 2.05) is 34.9 Å². The normalized spacial score (nSPS) is 14.7. The number of guanidine groups is 1. The van der Waals surface area contributed by atoms with Crippen molar-refractivity contribution in [3.63, 3.8) is 0 Å². The molecule has 0 atom stereocenters. The Hall–Kier alpha value is -1.71. The monoisotopic (exact) mass is 489 g/mol. The summed E-state index contributed by atoms with van der Waals surface area (Å²) in [6.45, 7) is 7.54. The summed E-state index contributed by atoms with van der Waals surface area (Å²) < 4.78 is 5.36. The fraction of sp³-hybridized carbons (Fsp3) is 0.579. The summed E-state index contributed by atoms with van der Waals surface area (Å²) in [5.41, 5.74) is 1.89. The third-order valence-electron chi connectivity index (χ3n) is 4.01. The predicted octanol–water partition coefficient (Wildman–Crippen LogP) is 2.65. The minimum Gasteiger partial charge on any atom is -0.444 e. The topological polar surface area (TPSA) is 69.2 Å². The second kappa shape index (κ2) is 10.0. The first-order valence-electron chi connectivity index (χ1n) is 8.89. The molecule has 27 heavy (non-hydrogen) atoms. The van der Waals surface area contributed by atoms with Gasteiger partial charge in [-0.2, -0.15) is 0 Å². The van der Waals surface area contributed by atoms with Crippen molar-refractivity contribution in [2.45, 2.75) is 39.0 Å². The van der Waals surface area contributed by atoms with Crippen molar-refractivity contribution in [2.75, 3.05) is 39.1 Å². The van der Waals surface area contributed by atoms with Crippen LogP contribution >= 0.6 is 24.0 Å². The number of benzene rings is 1. The fourth-order valence-corrected chi connectivity index (χ4v) is 2.53. The maximum atomic E-state index is 12.0. The molecule has 0 saturated carbocycles. The summed E-state index contributed by atoms with van der Waals surface area (Å²) in [5, 5.41) is 6.64. The number of carbonyl (C=O) groups excluding carboxylic acids is 1. The van der Waals surface area contributed by atoms with Crippen LogP contribution in [0.4, 0.5) is 10.5 Å². The third kappa shape index (κ3) is 7.43. The molecule has 0 radical (unpaired) electrons. The van der Waals surface area contributed by atoms with Gasteiger partial charge in [0.2, 0.25) is 0 Å². The van der Waals surface area contributed by atoms with E-state index in [0.717, 1.165) is 5.96 Å². The van der Waals surface area contributed by atoms with Crippen LogP contribution in [0.3, 0.4) is 0 Å². The number of hydrogen-bond acceptors (Lipinski definition) is 4. The SMILES string of the molecule is CN=C(NCc1ccc(N(C)C)cc1)NC1CN(C(=O)OC(C)(C)C)C1.I. The van der Waals surface area contributed by atoms with Crippen molar-refractivity contribution in [1.29, 1.82) is 0 Å². The number of halogens is 1. The standard InChI is InChI=1S/C19H31N5O2.HI/c1-19(2,3)26-18(25)24-12-15(13-24)22-17(20-4)21-11-14-7-9-16(10-8-14)23(5)6;/h7-10,15H,11-13H2,1-6H3,(H2,20,21,22);1H. The van der Waals surface area contributed by atoms with Crippen LogP contribution in [0, 0.1) is 0 Å². The predicted molar refractivity (Wildman–Crippen MR) is 121 cm³/mol. The smallest absolute Gasteiger partial charge is 0.410 e. The summed E-state index contributed by atoms with van der Waals surface area (Å²) in [6.07, 6.45) is -0.264. The van der Waals surface area contributed by atoms with Gasteiger partial charge in [0.1, 0.15) is 5.60 Å². The Morgan fingerprint density at radius 1 is 1.26 bits per heavy atom. The maximum absolute atomic E-state index is 12.0. The molecule has 0 aromatic heterocycles. The Morgan fingerprint density at radius 3 is 2.33 bits per heavy atom. The van der Waals surface area contributed by atoms with Gasteiger partial charge in [-0.05, 0) is 38.5 Å². The highest BCUT2D eigenvalue weighted by molar-refractivity contribution is 14.0. The highest BCUT2D eigenvalue weighted by Gasteiger charge is 2.34. The van der Waals surface area contributed by atoms with Crippen LogP contribution < -0.4 is 15.5 Å². The molecular weight excluding hydrogens is 457 g/mol. The largest absolute Gasteiger partial charge is 0.444 e. The van der Waals surface area contributed by atoms with Crippen LogP contribution in [-0.4, -0.2) is 62.8 Å². The van der Waals surface area contributed by atoms with E-state index in [4.69, 9.17) is 4.74 Å². The van der Waals surface area contributed by atoms with Gasteiger partial charge in [0.15, 0.2) is 5.96 Å². The Labute approximate surface area is 179 Å². The average molecular weight is 489 g/mol. The molecule has 1 aliphatic rings. The van der Waals surface area contributed by atoms with Crippen molar-refractivity contribution in [1.82, 2.24) is 15.5 Å². The summed E-state index contributed by atoms with van der Waals surface area (Å²) in [6, 6.07) is 8.58. The van der Waals surface area contributed by atoms with Gasteiger partial charge in [0, 0.05) is 46.5 Å². The van der Waals surface area contributed by atoms with Gasteiger partial charge < -0.3 is 25.2 Å². The van der Waals surface area contributed by atoms with E-state index in [0.29, 0.717) is 19.6 Å². The van der Waals surface area contributed by atoms with Gasteiger partial charge in [-0.3, -0.25) is 4.99 Å². The van der Waals surface area contributed by atoms with Gasteiger partial charge in [-0.15, -0.1) is 24.0 Å². The molecule has 1 amide bonds. The van der Waals surface area contributed by atoms with E-state index in [2.05, 4.69) is 44.8 Å². The lowest BCUT2D eigenvalue weighted by Crippen LogP contribution is -2.63. The number of anilines is 1. The first-order chi connectivity index (χ1) is 12.2. The molecule has 7 nitrogen and oxygen atoms in total. The molecular formula is C19H32IN5O2. The lowest BCUT2D eigenvalue weighted by Gasteiger charge is -2.40. The lowest BCUT2D eigenvalue weighted by molar-refractivity contribution is 0.00701. The third-order valence-corrected chi connectivity index (χ3v) is 4.01. The van der Waals surface area contributed by atoms with E-state index in [-0.39, 0.29) is 36.1 Å². The number of carbonyl (C=O) groups is 1. The van der Waals surface area contributed by atoms with Crippen LogP contribution in [0.15, 0.2) is 29.3 Å². The van der Waals surface area contributed by atoms with Gasteiger partial charge in [-0.25, -0.2) is 4.79 Å². The average Bonchev–Trinajstić information content (AvgIpc) is 2.51. The second-order valence-corrected chi connectivity index (χ2v) is 7.71. The molecule has 1 aromatic rings. The Balaban J connectivity index is 0.00000364. The molecule has 0 unspecified atom stereocenters. The zero-order chi connectivity index (χ0) is 19.3. The van der Waals surface area contributed by atoms with Crippen molar-refractivity contribution >= 4 is 41.7 Å². The van der Waals surface area contributed by atoms with E-state index in [9.17, 15) is 4.79 Å². The summed E-state index contributed by atoms with van der Waals surface area (Å²) in [7, 11) is 5.80. The molecule has 1 fully saturated rings. The number of rotatable bonds is 4. The van der Waals surface area contributed by atoms with Gasteiger partial charge in [0.25, 0.3) is 0 Å². The van der Waals surface area contributed by atoms with E-state index in [1.165, 1.54) is 11.3 Å². The van der Waals surface area contributed by atoms with E-state index < -0.39 is 5.60 Å². The minimum absolute atomic E-state index is 0. The maximum Gasteiger partial charge on any atom is 0.410 e. The number of likely N-dealkylation sites (tertiary alicyclic amines) is 1. The molecule has 1 aliphatic heterocycles. The number of ether oxygens (including phenoxy) is 1. The first-order valence-corrected chi connectivity index (χ1v) is 8.89. The molecule has 8 heteroatoms. The number of nitrogens with one attached hydrogen (secondary N) is 2. The summed E-state index contributed by atoms with van der Waals surface area (Å²) in [4.78, 5) is 20.0. The molecule has 2 N–H and O–H groups in total. The number of amides is 1. The Morgan fingerprint density at radius 2 is 1.85 bits per heavy atom. The highest BCUT2D eigenvalue weighted by atomic mass is 127. The minimum atomic E-state index is -0.463. The number of hydrogen-bond donors (Lipinski definition) is 2. The molecule has 152 valence electrons. The van der Waals surface area contributed by atoms with Crippen molar-refractivity contribution in [3.05, 3.63) is 29.8 Å². The molecule has 0 bridgehead atoms. The van der Waals surface area contributed by atoms with Crippen molar-refractivity contribution < 1.29 is 9.53 Å². The first kappa shape index (κ1) is 23.3. The summed E-state index contributed by atoms with van der Waals surface area (Å²) in [5.74, 6) is 0.732. The van der Waals surface area contributed by atoms with E-state index in [1.54, 1.807) is 11.9 Å². The molecule has 1 aromatic carbocycles. The number of aliphatic imine (C=N–C) groups is 1. The van der Waals surface area contributed by atoms with Crippen LogP contribution in [0.5, 0.6) is 0 Å². The zero-order valence-electron chi connectivity index (χ0n) is 17.1. The van der Waals surface area contributed by atoms with Crippen molar-refractivity contribution in [3.8, 4) is 0 Å². The Bertz CT molecular complexity index is 634. The molecule has 0 aliphatic carbocycles. The zero-order valence-corrected chi connectivity index (χ0v) is 19.4. The summed E-state index contributed by atoms with van der Waals surface area (Å²) >= 11 is 0. The molecule has 1 saturated heterocycles. The fourth-order valence-electron chi connectivity index (χ4n) is 2.53. The van der Waals surface area contributed by atoms with Crippen LogP contribution in [-0.2, 0) is 11.3 Å². The molecule has 1 heterocycles. The van der Waals surface area contributed by atoms with Gasteiger partial charge >= 0.3 is 6.09 Å². The molecule has 0 spiro atoms. The highest BCUT2D eigenvalue weighted by Crippen LogP contribution is 2.15. The lowest BCUT2D eigenvalue weighted by atomic mass is 10.1. The Kier molecular flexibility index (Phi) is 8.64. The van der Waals surface area contributed by atoms with Gasteiger partial charge in [0.05, 0.1) is 6.04 Å². The quantitative estimate of drug-likeness (QED) is 0.387.